The molecule has 0 aliphatic rings. The molecule has 2 aromatic carbocycles. The van der Waals surface area contributed by atoms with Gasteiger partial charge in [0.2, 0.25) is 0 Å². The van der Waals surface area contributed by atoms with Gasteiger partial charge >= 0.3 is 0 Å². The van der Waals surface area contributed by atoms with Crippen LogP contribution in [0.2, 0.25) is 0 Å². The molecular weight excluding hydrogens is 331 g/mol. The number of hydrogen-bond donors (Lipinski definition) is 2. The molecule has 0 bridgehead atoms. The van der Waals surface area contributed by atoms with Crippen molar-refractivity contribution in [3.05, 3.63) is 35.6 Å². The average molecular weight is 341 g/mol. The van der Waals surface area contributed by atoms with Crippen molar-refractivity contribution < 1.29 is 50.8 Å². The molecular formula is C11H10NO4SY-. The van der Waals surface area contributed by atoms with E-state index >= 15 is 0 Å². The number of nitrogens with one attached hydrogen (secondary N) is 1. The molecule has 0 unspecified atom stereocenters. The first kappa shape index (κ1) is 15.4. The Bertz CT molecular complexity index is 713. The van der Waals surface area contributed by atoms with Crippen molar-refractivity contribution in [3.63, 3.8) is 0 Å². The Labute approximate surface area is 130 Å². The third kappa shape index (κ3) is 2.66. The molecule has 0 aliphatic carbocycles. The topological polar surface area (TPSA) is 98.4 Å². The van der Waals surface area contributed by atoms with Gasteiger partial charge in [0.1, 0.15) is 10.6 Å². The fraction of sp³-hybridized carbons (Fsp3) is 0.0909. The zero-order valence-corrected chi connectivity index (χ0v) is 13.2. The summed E-state index contributed by atoms with van der Waals surface area (Å²) in [5.74, 6) is -0.199. The molecule has 0 saturated heterocycles. The monoisotopic (exact) mass is 341 g/mol. The number of benzene rings is 2. The van der Waals surface area contributed by atoms with Crippen LogP contribution in [0.4, 0.5) is 5.69 Å². The van der Waals surface area contributed by atoms with Gasteiger partial charge in [-0.3, -0.25) is 4.55 Å². The van der Waals surface area contributed by atoms with Gasteiger partial charge < -0.3 is 10.8 Å². The Balaban J connectivity index is 0.00000162. The van der Waals surface area contributed by atoms with Gasteiger partial charge in [-0.15, -0.1) is 5.69 Å². The van der Waals surface area contributed by atoms with E-state index in [1.807, 2.05) is 0 Å². The number of phenols is 1. The Morgan fingerprint density at radius 2 is 1.83 bits per heavy atom. The van der Waals surface area contributed by atoms with E-state index in [1.54, 1.807) is 0 Å². The van der Waals surface area contributed by atoms with Gasteiger partial charge in [-0.1, -0.05) is 18.2 Å². The standard InChI is InChI=1S/C11H10NO4S.Y/c1-6-10(17(14,15)16)5-7-4-8(12)2-3-9(7)11(6)13;/h2-5,12-13H,1H3,(H,14,15,16);/q-1;. The van der Waals surface area contributed by atoms with E-state index in [0.717, 1.165) is 0 Å². The second-order valence-corrected chi connectivity index (χ2v) is 5.15. The van der Waals surface area contributed by atoms with E-state index in [-0.39, 0.29) is 54.6 Å². The van der Waals surface area contributed by atoms with E-state index in [0.29, 0.717) is 10.8 Å². The minimum absolute atomic E-state index is 0. The summed E-state index contributed by atoms with van der Waals surface area (Å²) in [5.41, 5.74) is 7.73. The average Bonchev–Trinajstić information content (AvgIpc) is 2.21. The van der Waals surface area contributed by atoms with Crippen molar-refractivity contribution in [2.45, 2.75) is 11.8 Å². The number of aromatic hydroxyl groups is 1. The minimum Gasteiger partial charge on any atom is -0.699 e. The molecule has 7 heteroatoms. The van der Waals surface area contributed by atoms with Gasteiger partial charge in [-0.25, -0.2) is 0 Å². The molecule has 3 N–H and O–H groups in total. The van der Waals surface area contributed by atoms with Gasteiger partial charge in [0.05, 0.1) is 0 Å². The summed E-state index contributed by atoms with van der Waals surface area (Å²) in [5, 5.41) is 10.7. The van der Waals surface area contributed by atoms with E-state index < -0.39 is 10.1 Å². The van der Waals surface area contributed by atoms with E-state index in [1.165, 1.54) is 31.2 Å². The molecule has 93 valence electrons. The third-order valence-corrected chi connectivity index (χ3v) is 3.58. The van der Waals surface area contributed by atoms with Gasteiger partial charge in [0, 0.05) is 43.7 Å². The molecule has 0 atom stereocenters. The largest absolute Gasteiger partial charge is 0.699 e. The molecule has 0 amide bonds. The molecule has 2 rings (SSSR count). The Hall–Kier alpha value is -0.686. The summed E-state index contributed by atoms with van der Waals surface area (Å²) in [6, 6.07) is 5.70. The van der Waals surface area contributed by atoms with Crippen molar-refractivity contribution in [1.82, 2.24) is 0 Å². The van der Waals surface area contributed by atoms with Crippen LogP contribution in [0.15, 0.2) is 29.2 Å². The summed E-state index contributed by atoms with van der Waals surface area (Å²) >= 11 is 0. The molecule has 0 fully saturated rings. The number of rotatable bonds is 1. The van der Waals surface area contributed by atoms with Gasteiger partial charge in [-0.05, 0) is 18.4 Å². The van der Waals surface area contributed by atoms with Crippen LogP contribution in [-0.4, -0.2) is 18.1 Å². The molecule has 0 spiro atoms. The molecule has 2 aromatic rings. The predicted molar refractivity (Wildman–Crippen MR) is 64.1 cm³/mol. The number of fused-ring (bicyclic) bond motifs is 1. The maximum Gasteiger partial charge on any atom is 0.294 e. The SMILES string of the molecule is Cc1c(S(=O)(=O)O)cc2cc([NH-])ccc2c1O.[Y]. The van der Waals surface area contributed by atoms with Gasteiger partial charge in [-0.2, -0.15) is 8.42 Å². The predicted octanol–water partition coefficient (Wildman–Crippen LogP) is 2.78. The van der Waals surface area contributed by atoms with Crippen LogP contribution in [0.25, 0.3) is 16.5 Å². The first-order valence-corrected chi connectivity index (χ1v) is 6.20. The Morgan fingerprint density at radius 3 is 2.39 bits per heavy atom. The summed E-state index contributed by atoms with van der Waals surface area (Å²) < 4.78 is 31.3. The number of hydrogen-bond acceptors (Lipinski definition) is 3. The zero-order chi connectivity index (χ0) is 12.8. The van der Waals surface area contributed by atoms with Crippen LogP contribution >= 0.6 is 0 Å². The summed E-state index contributed by atoms with van der Waals surface area (Å²) in [6.45, 7) is 1.41. The molecule has 0 aromatic heterocycles. The summed E-state index contributed by atoms with van der Waals surface area (Å²) in [7, 11) is -4.38. The first-order valence-electron chi connectivity index (χ1n) is 4.76. The third-order valence-electron chi connectivity index (χ3n) is 2.60. The molecule has 18 heavy (non-hydrogen) atoms. The molecule has 0 heterocycles. The Kier molecular flexibility index (Phi) is 4.38. The zero-order valence-electron chi connectivity index (χ0n) is 9.51. The molecule has 1 radical (unpaired) electrons. The van der Waals surface area contributed by atoms with Crippen LogP contribution in [0.5, 0.6) is 5.75 Å². The number of phenolic OH excluding ortho intramolecular Hbond substituents is 1. The van der Waals surface area contributed by atoms with Crippen LogP contribution in [0.1, 0.15) is 5.56 Å². The fourth-order valence-electron chi connectivity index (χ4n) is 1.73. The van der Waals surface area contributed by atoms with Crippen LogP contribution in [0.3, 0.4) is 0 Å². The summed E-state index contributed by atoms with van der Waals surface area (Å²) in [6.07, 6.45) is 0. The van der Waals surface area contributed by atoms with E-state index in [4.69, 9.17) is 10.3 Å². The van der Waals surface area contributed by atoms with Crippen molar-refractivity contribution in [1.29, 1.82) is 0 Å². The quantitative estimate of drug-likeness (QED) is 0.779. The smallest absolute Gasteiger partial charge is 0.294 e. The molecule has 0 aliphatic heterocycles. The normalized spacial score (nSPS) is 11.2. The van der Waals surface area contributed by atoms with Crippen LogP contribution < -0.4 is 0 Å². The van der Waals surface area contributed by atoms with Gasteiger partial charge in [0.25, 0.3) is 10.1 Å². The molecule has 0 saturated carbocycles. The fourth-order valence-corrected chi connectivity index (χ4v) is 2.49. The summed E-state index contributed by atoms with van der Waals surface area (Å²) in [4.78, 5) is -0.340. The minimum atomic E-state index is -4.38. The molecule has 5 nitrogen and oxygen atoms in total. The van der Waals surface area contributed by atoms with Crippen LogP contribution in [0, 0.1) is 6.92 Å². The Morgan fingerprint density at radius 1 is 1.22 bits per heavy atom. The second-order valence-electron chi connectivity index (χ2n) is 3.76. The maximum absolute atomic E-state index is 11.1. The van der Waals surface area contributed by atoms with E-state index in [2.05, 4.69) is 0 Å². The second kappa shape index (κ2) is 5.13. The van der Waals surface area contributed by atoms with Crippen molar-refractivity contribution in [3.8, 4) is 5.75 Å². The maximum atomic E-state index is 11.1. The first-order chi connectivity index (χ1) is 7.80. The van der Waals surface area contributed by atoms with Crippen molar-refractivity contribution in [2.75, 3.05) is 0 Å². The van der Waals surface area contributed by atoms with E-state index in [9.17, 15) is 13.5 Å². The van der Waals surface area contributed by atoms with Crippen molar-refractivity contribution in [2.24, 2.45) is 0 Å². The van der Waals surface area contributed by atoms with Crippen LogP contribution in [-0.2, 0) is 42.8 Å². The van der Waals surface area contributed by atoms with Gasteiger partial charge in [0.15, 0.2) is 0 Å². The van der Waals surface area contributed by atoms with Crippen molar-refractivity contribution >= 4 is 26.6 Å².